The number of thioether (sulfide) groups is 1. The molecule has 1 aromatic rings. The molecule has 4 saturated carbocycles. The molecular formula is C34H42O7S. The molecule has 3 heterocycles. The molecule has 1 spiro atoms. The second-order valence-electron chi connectivity index (χ2n) is 14.8. The highest BCUT2D eigenvalue weighted by Crippen LogP contribution is 2.77. The highest BCUT2D eigenvalue weighted by molar-refractivity contribution is 8.00. The standard InChI is InChI=1S/C34H42O7S/c1-18-12-26(40-29(36)19(18)2)25-17-39-34(38)16-24-22(23-10-11-32(25,37)31(23,34)4)14-28-33(41-28)15-21(13-27(35)30(24,33)3)42-20-8-6-5-7-9-20/h5-9,21-26,28,37-38H,10-17H2,1-4H3/t21-,22?,23?,24?,25?,26?,28+,30-,31-,32+,33+,34-/m0/s1. The van der Waals surface area contributed by atoms with Gasteiger partial charge in [0.2, 0.25) is 0 Å². The van der Waals surface area contributed by atoms with E-state index in [1.165, 1.54) is 4.90 Å². The van der Waals surface area contributed by atoms with Crippen molar-refractivity contribution in [2.24, 2.45) is 34.5 Å². The van der Waals surface area contributed by atoms with E-state index in [0.29, 0.717) is 31.3 Å². The molecule has 0 aromatic heterocycles. The molecule has 6 fully saturated rings. The number of carbonyl (C=O) groups excluding carboxylic acids is 2. The van der Waals surface area contributed by atoms with Gasteiger partial charge in [0.25, 0.3) is 0 Å². The Bertz CT molecular complexity index is 1400. The van der Waals surface area contributed by atoms with E-state index in [9.17, 15) is 19.8 Å². The van der Waals surface area contributed by atoms with Gasteiger partial charge in [0.1, 0.15) is 17.5 Å². The average Bonchev–Trinajstić information content (AvgIpc) is 3.57. The normalized spacial score (nSPS) is 52.6. The number of Topliss-reactive ketones (excluding diaryl/α,β-unsaturated/α-hetero) is 1. The summed E-state index contributed by atoms with van der Waals surface area (Å²) >= 11 is 1.77. The van der Waals surface area contributed by atoms with Crippen LogP contribution in [0.5, 0.6) is 0 Å². The van der Waals surface area contributed by atoms with Gasteiger partial charge in [-0.3, -0.25) is 4.79 Å². The van der Waals surface area contributed by atoms with E-state index in [-0.39, 0.29) is 47.5 Å². The van der Waals surface area contributed by atoms with E-state index in [1.54, 1.807) is 18.7 Å². The topological polar surface area (TPSA) is 106 Å². The lowest BCUT2D eigenvalue weighted by molar-refractivity contribution is -0.397. The number of cyclic esters (lactones) is 1. The van der Waals surface area contributed by atoms with E-state index in [4.69, 9.17) is 14.2 Å². The molecule has 2 saturated heterocycles. The maximum Gasteiger partial charge on any atom is 0.333 e. The Morgan fingerprint density at radius 1 is 0.976 bits per heavy atom. The molecular weight excluding hydrogens is 552 g/mol. The molecule has 7 aliphatic rings. The first-order valence-electron chi connectivity index (χ1n) is 15.8. The van der Waals surface area contributed by atoms with Gasteiger partial charge in [0, 0.05) is 40.9 Å². The van der Waals surface area contributed by atoms with E-state index >= 15 is 0 Å². The fourth-order valence-electron chi connectivity index (χ4n) is 11.0. The van der Waals surface area contributed by atoms with Gasteiger partial charge in [-0.25, -0.2) is 4.79 Å². The molecule has 42 heavy (non-hydrogen) atoms. The van der Waals surface area contributed by atoms with E-state index in [2.05, 4.69) is 19.1 Å². The Morgan fingerprint density at radius 3 is 2.48 bits per heavy atom. The number of esters is 1. The largest absolute Gasteiger partial charge is 0.458 e. The van der Waals surface area contributed by atoms with Gasteiger partial charge in [-0.15, -0.1) is 11.8 Å². The molecule has 5 unspecified atom stereocenters. The van der Waals surface area contributed by atoms with Gasteiger partial charge in [-0.2, -0.15) is 0 Å². The third kappa shape index (κ3) is 3.24. The SMILES string of the molecule is CC1=C(C)C(=O)OC(C2CO[C@@]3(O)CC4C(C[C@H]5O[C@]56C[C@@H](Sc5ccccc5)CC(=O)[C@]46C)C4CC[C@]2(O)[C@]43C)C1. The zero-order valence-electron chi connectivity index (χ0n) is 24.9. The summed E-state index contributed by atoms with van der Waals surface area (Å²) in [5, 5.41) is 25.3. The van der Waals surface area contributed by atoms with Gasteiger partial charge >= 0.3 is 5.97 Å². The Balaban J connectivity index is 1.12. The van der Waals surface area contributed by atoms with E-state index in [1.807, 2.05) is 32.0 Å². The highest BCUT2D eigenvalue weighted by Gasteiger charge is 2.84. The van der Waals surface area contributed by atoms with Crippen molar-refractivity contribution in [2.45, 2.75) is 112 Å². The number of aliphatic hydroxyl groups is 2. The number of epoxide rings is 1. The van der Waals surface area contributed by atoms with Crippen LogP contribution in [0.4, 0.5) is 0 Å². The predicted octanol–water partition coefficient (Wildman–Crippen LogP) is 4.83. The van der Waals surface area contributed by atoms with Crippen LogP contribution in [0.15, 0.2) is 46.4 Å². The molecule has 1 aromatic carbocycles. The molecule has 2 N–H and O–H groups in total. The van der Waals surface area contributed by atoms with Gasteiger partial charge in [-0.1, -0.05) is 30.7 Å². The van der Waals surface area contributed by atoms with Gasteiger partial charge in [0.15, 0.2) is 5.79 Å². The highest BCUT2D eigenvalue weighted by atomic mass is 32.2. The fraction of sp³-hybridized carbons (Fsp3) is 0.706. The lowest BCUT2D eigenvalue weighted by Crippen LogP contribution is -2.75. The van der Waals surface area contributed by atoms with Crippen LogP contribution in [-0.4, -0.2) is 63.0 Å². The maximum absolute atomic E-state index is 14.3. The van der Waals surface area contributed by atoms with Crippen LogP contribution >= 0.6 is 11.8 Å². The fourth-order valence-corrected chi connectivity index (χ4v) is 12.3. The number of hydrogen-bond acceptors (Lipinski definition) is 8. The number of ether oxygens (including phenoxy) is 3. The summed E-state index contributed by atoms with van der Waals surface area (Å²) in [5.74, 6) is -2.10. The maximum atomic E-state index is 14.3. The summed E-state index contributed by atoms with van der Waals surface area (Å²) in [5.41, 5.74) is -1.79. The molecule has 12 atom stereocenters. The van der Waals surface area contributed by atoms with Crippen LogP contribution in [0.2, 0.25) is 0 Å². The lowest BCUT2D eigenvalue weighted by atomic mass is 9.41. The zero-order valence-corrected chi connectivity index (χ0v) is 25.7. The van der Waals surface area contributed by atoms with Crippen LogP contribution in [0.25, 0.3) is 0 Å². The van der Waals surface area contributed by atoms with Crippen molar-refractivity contribution in [3.05, 3.63) is 41.5 Å². The zero-order chi connectivity index (χ0) is 29.4. The monoisotopic (exact) mass is 594 g/mol. The van der Waals surface area contributed by atoms with Gasteiger partial charge in [0.05, 0.1) is 29.1 Å². The summed E-state index contributed by atoms with van der Waals surface area (Å²) in [6, 6.07) is 10.3. The van der Waals surface area contributed by atoms with Crippen molar-refractivity contribution in [3.8, 4) is 0 Å². The van der Waals surface area contributed by atoms with Gasteiger partial charge in [-0.05, 0) is 76.3 Å². The summed E-state index contributed by atoms with van der Waals surface area (Å²) in [6.45, 7) is 7.95. The minimum atomic E-state index is -1.58. The van der Waals surface area contributed by atoms with Crippen LogP contribution < -0.4 is 0 Å². The second kappa shape index (κ2) is 8.72. The molecule has 226 valence electrons. The third-order valence-corrected chi connectivity index (χ3v) is 14.8. The number of benzene rings is 1. The Morgan fingerprint density at radius 2 is 1.74 bits per heavy atom. The van der Waals surface area contributed by atoms with E-state index in [0.717, 1.165) is 24.8 Å². The second-order valence-corrected chi connectivity index (χ2v) is 16.2. The summed E-state index contributed by atoms with van der Waals surface area (Å²) in [7, 11) is 0. The average molecular weight is 595 g/mol. The number of rotatable bonds is 3. The summed E-state index contributed by atoms with van der Waals surface area (Å²) in [6.07, 6.45) is 3.80. The Labute approximate surface area is 251 Å². The number of ketones is 1. The van der Waals surface area contributed by atoms with Crippen LogP contribution in [-0.2, 0) is 23.8 Å². The van der Waals surface area contributed by atoms with Crippen molar-refractivity contribution in [3.63, 3.8) is 0 Å². The lowest BCUT2D eigenvalue weighted by Gasteiger charge is -2.67. The minimum absolute atomic E-state index is 0.0192. The predicted molar refractivity (Wildman–Crippen MR) is 155 cm³/mol. The third-order valence-electron chi connectivity index (χ3n) is 13.6. The van der Waals surface area contributed by atoms with Crippen molar-refractivity contribution >= 4 is 23.5 Å². The van der Waals surface area contributed by atoms with Crippen LogP contribution in [0.3, 0.4) is 0 Å². The Hall–Kier alpha value is -1.71. The van der Waals surface area contributed by atoms with Crippen molar-refractivity contribution in [1.29, 1.82) is 0 Å². The molecule has 3 aliphatic heterocycles. The molecule has 0 amide bonds. The smallest absolute Gasteiger partial charge is 0.333 e. The van der Waals surface area contributed by atoms with Crippen molar-refractivity contribution in [2.75, 3.05) is 6.61 Å². The number of fused-ring (bicyclic) bond motifs is 3. The molecule has 0 bridgehead atoms. The minimum Gasteiger partial charge on any atom is -0.458 e. The molecule has 8 rings (SSSR count). The molecule has 8 heteroatoms. The van der Waals surface area contributed by atoms with Crippen LogP contribution in [0.1, 0.15) is 72.6 Å². The van der Waals surface area contributed by atoms with Gasteiger partial charge < -0.3 is 24.4 Å². The Kier molecular flexibility index (Phi) is 5.77. The summed E-state index contributed by atoms with van der Waals surface area (Å²) in [4.78, 5) is 28.1. The molecule has 7 nitrogen and oxygen atoms in total. The number of hydrogen-bond donors (Lipinski definition) is 2. The van der Waals surface area contributed by atoms with Crippen molar-refractivity contribution < 1.29 is 34.0 Å². The quantitative estimate of drug-likeness (QED) is 0.379. The first-order chi connectivity index (χ1) is 19.9. The van der Waals surface area contributed by atoms with Crippen molar-refractivity contribution in [1.82, 2.24) is 0 Å². The first-order valence-corrected chi connectivity index (χ1v) is 16.6. The van der Waals surface area contributed by atoms with Crippen LogP contribution in [0, 0.1) is 34.5 Å². The molecule has 4 aliphatic carbocycles. The molecule has 0 radical (unpaired) electrons. The number of carbonyl (C=O) groups is 2. The first kappa shape index (κ1) is 27.8. The summed E-state index contributed by atoms with van der Waals surface area (Å²) < 4.78 is 19.0. The van der Waals surface area contributed by atoms with E-state index < -0.39 is 39.8 Å².